The summed E-state index contributed by atoms with van der Waals surface area (Å²) in [5.41, 5.74) is 0.807. The van der Waals surface area contributed by atoms with Crippen LogP contribution in [0.5, 0.6) is 17.2 Å². The molecule has 0 aromatic heterocycles. The van der Waals surface area contributed by atoms with Crippen LogP contribution >= 0.6 is 11.6 Å². The molecule has 0 fully saturated rings. The maximum absolute atomic E-state index is 13.0. The number of rotatable bonds is 8. The van der Waals surface area contributed by atoms with E-state index >= 15 is 0 Å². The van der Waals surface area contributed by atoms with Gasteiger partial charge in [0.15, 0.2) is 18.1 Å². The molecule has 0 saturated carbocycles. The number of ether oxygens (including phenoxy) is 4. The quantitative estimate of drug-likeness (QED) is 0.515. The highest BCUT2D eigenvalue weighted by Gasteiger charge is 2.13. The number of benzene rings is 2. The van der Waals surface area contributed by atoms with Crippen molar-refractivity contribution in [1.29, 1.82) is 0 Å². The van der Waals surface area contributed by atoms with Crippen LogP contribution in [-0.4, -0.2) is 39.8 Å². The Morgan fingerprint density at radius 3 is 2.28 bits per heavy atom. The van der Waals surface area contributed by atoms with E-state index in [2.05, 4.69) is 5.32 Å². The predicted octanol–water partition coefficient (Wildman–Crippen LogP) is 3.70. The maximum atomic E-state index is 13.0. The fraction of sp³-hybridized carbons (Fsp3) is 0.200. The van der Waals surface area contributed by atoms with Crippen molar-refractivity contribution in [3.63, 3.8) is 0 Å². The highest BCUT2D eigenvalue weighted by molar-refractivity contribution is 6.33. The highest BCUT2D eigenvalue weighted by Crippen LogP contribution is 2.38. The van der Waals surface area contributed by atoms with Crippen LogP contribution in [0, 0.1) is 5.82 Å². The number of methoxy groups -OCH3 is 3. The van der Waals surface area contributed by atoms with Gasteiger partial charge in [0.1, 0.15) is 5.82 Å². The lowest BCUT2D eigenvalue weighted by Crippen LogP contribution is -2.20. The highest BCUT2D eigenvalue weighted by atomic mass is 35.5. The Hall–Kier alpha value is -3.26. The number of amides is 1. The van der Waals surface area contributed by atoms with E-state index in [1.807, 2.05) is 0 Å². The third-order valence-electron chi connectivity index (χ3n) is 3.65. The zero-order valence-corrected chi connectivity index (χ0v) is 16.7. The van der Waals surface area contributed by atoms with E-state index < -0.39 is 24.3 Å². The maximum Gasteiger partial charge on any atom is 0.331 e. The van der Waals surface area contributed by atoms with E-state index in [9.17, 15) is 14.0 Å². The van der Waals surface area contributed by atoms with Crippen LogP contribution in [0.3, 0.4) is 0 Å². The molecule has 0 saturated heterocycles. The molecule has 9 heteroatoms. The summed E-state index contributed by atoms with van der Waals surface area (Å²) in [5.74, 6) is -0.611. The van der Waals surface area contributed by atoms with Gasteiger partial charge in [0, 0.05) is 6.08 Å². The van der Waals surface area contributed by atoms with Crippen molar-refractivity contribution < 1.29 is 32.9 Å². The average Bonchev–Trinajstić information content (AvgIpc) is 2.71. The molecule has 0 bridgehead atoms. The summed E-state index contributed by atoms with van der Waals surface area (Å²) in [6.45, 7) is -0.536. The Morgan fingerprint density at radius 1 is 1.07 bits per heavy atom. The van der Waals surface area contributed by atoms with Crippen molar-refractivity contribution in [2.75, 3.05) is 33.3 Å². The normalized spacial score (nSPS) is 10.5. The Labute approximate surface area is 172 Å². The Bertz CT molecular complexity index is 906. The standard InChI is InChI=1S/C20H19ClFNO6/c1-26-16-8-12(9-17(27-2)20(16)28-3)4-7-19(25)29-11-18(24)23-15-6-5-13(22)10-14(15)21/h4-10H,11H2,1-3H3,(H,23,24). The molecule has 7 nitrogen and oxygen atoms in total. The lowest BCUT2D eigenvalue weighted by molar-refractivity contribution is -0.142. The molecule has 0 aliphatic carbocycles. The van der Waals surface area contributed by atoms with Crippen LogP contribution in [0.4, 0.5) is 10.1 Å². The fourth-order valence-corrected chi connectivity index (χ4v) is 2.54. The van der Waals surface area contributed by atoms with Gasteiger partial charge in [-0.3, -0.25) is 4.79 Å². The first kappa shape index (κ1) is 22.0. The van der Waals surface area contributed by atoms with Crippen LogP contribution in [0.15, 0.2) is 36.4 Å². The lowest BCUT2D eigenvalue weighted by Gasteiger charge is -2.12. The third kappa shape index (κ3) is 6.11. The van der Waals surface area contributed by atoms with Gasteiger partial charge in [-0.05, 0) is 42.0 Å². The van der Waals surface area contributed by atoms with Gasteiger partial charge in [-0.1, -0.05) is 11.6 Å². The second-order valence-corrected chi connectivity index (χ2v) is 5.98. The minimum Gasteiger partial charge on any atom is -0.493 e. The third-order valence-corrected chi connectivity index (χ3v) is 3.96. The van der Waals surface area contributed by atoms with Crippen LogP contribution in [-0.2, 0) is 14.3 Å². The van der Waals surface area contributed by atoms with Gasteiger partial charge in [-0.25, -0.2) is 9.18 Å². The number of esters is 1. The van der Waals surface area contributed by atoms with Crippen molar-refractivity contribution in [1.82, 2.24) is 0 Å². The molecule has 0 spiro atoms. The number of carbonyl (C=O) groups excluding carboxylic acids is 2. The molecule has 0 unspecified atom stereocenters. The topological polar surface area (TPSA) is 83.1 Å². The molecule has 0 radical (unpaired) electrons. The van der Waals surface area contributed by atoms with E-state index in [0.29, 0.717) is 22.8 Å². The Morgan fingerprint density at radius 2 is 1.72 bits per heavy atom. The first-order chi connectivity index (χ1) is 13.9. The van der Waals surface area contributed by atoms with Gasteiger partial charge in [0.25, 0.3) is 5.91 Å². The van der Waals surface area contributed by atoms with Gasteiger partial charge in [0.05, 0.1) is 32.0 Å². The Kier molecular flexibility index (Phi) is 7.85. The second kappa shape index (κ2) is 10.3. The van der Waals surface area contributed by atoms with Gasteiger partial charge in [-0.2, -0.15) is 0 Å². The molecule has 1 N–H and O–H groups in total. The predicted molar refractivity (Wildman–Crippen MR) is 106 cm³/mol. The summed E-state index contributed by atoms with van der Waals surface area (Å²) < 4.78 is 33.6. The van der Waals surface area contributed by atoms with Crippen LogP contribution < -0.4 is 19.5 Å². The molecular formula is C20H19ClFNO6. The summed E-state index contributed by atoms with van der Waals surface area (Å²) in [6, 6.07) is 6.81. The minimum absolute atomic E-state index is 0.0342. The molecule has 2 aromatic rings. The van der Waals surface area contributed by atoms with E-state index in [4.69, 9.17) is 30.5 Å². The van der Waals surface area contributed by atoms with Crippen molar-refractivity contribution in [2.45, 2.75) is 0 Å². The van der Waals surface area contributed by atoms with E-state index in [1.165, 1.54) is 33.5 Å². The number of hydrogen-bond donors (Lipinski definition) is 1. The summed E-state index contributed by atoms with van der Waals surface area (Å²) in [5, 5.41) is 2.46. The van der Waals surface area contributed by atoms with Crippen LogP contribution in [0.25, 0.3) is 6.08 Å². The molecule has 0 aliphatic heterocycles. The molecule has 0 aliphatic rings. The number of halogens is 2. The zero-order chi connectivity index (χ0) is 21.4. The largest absolute Gasteiger partial charge is 0.493 e. The molecule has 1 amide bonds. The van der Waals surface area contributed by atoms with Crippen LogP contribution in [0.2, 0.25) is 5.02 Å². The first-order valence-corrected chi connectivity index (χ1v) is 8.65. The Balaban J connectivity index is 1.96. The number of hydrogen-bond acceptors (Lipinski definition) is 6. The van der Waals surface area contributed by atoms with Gasteiger partial charge >= 0.3 is 5.97 Å². The molecule has 2 aromatic carbocycles. The summed E-state index contributed by atoms with van der Waals surface area (Å²) >= 11 is 5.82. The van der Waals surface area contributed by atoms with Crippen LogP contribution in [0.1, 0.15) is 5.56 Å². The molecule has 29 heavy (non-hydrogen) atoms. The SMILES string of the molecule is COc1cc(C=CC(=O)OCC(=O)Nc2ccc(F)cc2Cl)cc(OC)c1OC. The minimum atomic E-state index is -0.737. The number of carbonyl (C=O) groups is 2. The molecular weight excluding hydrogens is 405 g/mol. The van der Waals surface area contributed by atoms with E-state index in [0.717, 1.165) is 18.2 Å². The lowest BCUT2D eigenvalue weighted by atomic mass is 10.1. The van der Waals surface area contributed by atoms with Gasteiger partial charge < -0.3 is 24.3 Å². The summed E-state index contributed by atoms with van der Waals surface area (Å²) in [6.07, 6.45) is 2.63. The monoisotopic (exact) mass is 423 g/mol. The number of anilines is 1. The molecule has 0 heterocycles. The smallest absolute Gasteiger partial charge is 0.331 e. The average molecular weight is 424 g/mol. The molecule has 154 valence electrons. The molecule has 0 atom stereocenters. The second-order valence-electron chi connectivity index (χ2n) is 5.57. The van der Waals surface area contributed by atoms with E-state index in [1.54, 1.807) is 12.1 Å². The summed E-state index contributed by atoms with van der Waals surface area (Å²) in [4.78, 5) is 23.7. The van der Waals surface area contributed by atoms with Gasteiger partial charge in [-0.15, -0.1) is 0 Å². The van der Waals surface area contributed by atoms with Crippen molar-refractivity contribution >= 4 is 35.2 Å². The van der Waals surface area contributed by atoms with Crippen molar-refractivity contribution in [3.05, 3.63) is 52.8 Å². The first-order valence-electron chi connectivity index (χ1n) is 8.27. The number of nitrogens with one attached hydrogen (secondary N) is 1. The van der Waals surface area contributed by atoms with Crippen molar-refractivity contribution in [2.24, 2.45) is 0 Å². The summed E-state index contributed by atoms with van der Waals surface area (Å²) in [7, 11) is 4.44. The van der Waals surface area contributed by atoms with Crippen molar-refractivity contribution in [3.8, 4) is 17.2 Å². The van der Waals surface area contributed by atoms with Gasteiger partial charge in [0.2, 0.25) is 5.75 Å². The molecule has 2 rings (SSSR count). The zero-order valence-electron chi connectivity index (χ0n) is 16.0. The fourth-order valence-electron chi connectivity index (χ4n) is 2.32. The van der Waals surface area contributed by atoms with E-state index in [-0.39, 0.29) is 10.7 Å².